The maximum Gasteiger partial charge on any atom is 0.228 e. The molecule has 0 aliphatic carbocycles. The molecule has 1 heterocycles. The van der Waals surface area contributed by atoms with Gasteiger partial charge >= 0.3 is 0 Å². The van der Waals surface area contributed by atoms with E-state index in [0.29, 0.717) is 6.42 Å². The summed E-state index contributed by atoms with van der Waals surface area (Å²) in [6.45, 7) is 0. The number of carbonyl (C=O) groups excluding carboxylic acids is 1. The molecule has 14 heavy (non-hydrogen) atoms. The van der Waals surface area contributed by atoms with E-state index in [9.17, 15) is 4.79 Å². The summed E-state index contributed by atoms with van der Waals surface area (Å²) in [5.74, 6) is 0.0424. The van der Waals surface area contributed by atoms with Crippen LogP contribution in [-0.4, -0.2) is 19.2 Å². The number of benzene rings is 1. The summed E-state index contributed by atoms with van der Waals surface area (Å²) in [4.78, 5) is 15.6. The summed E-state index contributed by atoms with van der Waals surface area (Å²) in [6, 6.07) is 5.70. The molecule has 2 rings (SSSR count). The van der Waals surface area contributed by atoms with Gasteiger partial charge in [0.25, 0.3) is 0 Å². The Labute approximate surface area is 81.6 Å². The van der Waals surface area contributed by atoms with Gasteiger partial charge in [-0.2, -0.15) is 0 Å². The molecule has 0 fully saturated rings. The number of hydrogen-bond donors (Lipinski definition) is 1. The zero-order chi connectivity index (χ0) is 9.97. The van der Waals surface area contributed by atoms with Crippen molar-refractivity contribution in [2.45, 2.75) is 6.42 Å². The fourth-order valence-corrected chi connectivity index (χ4v) is 1.43. The average molecular weight is 190 g/mol. The first-order valence-electron chi connectivity index (χ1n) is 4.29. The molecule has 1 aliphatic rings. The van der Waals surface area contributed by atoms with Crippen LogP contribution in [0.1, 0.15) is 11.1 Å². The van der Waals surface area contributed by atoms with Gasteiger partial charge in [-0.15, -0.1) is 0 Å². The van der Waals surface area contributed by atoms with Crippen LogP contribution in [0.15, 0.2) is 23.4 Å². The standard InChI is InChI=1S/C10H10N2O2/c1-14-11-6-7-2-3-8-5-10(13)12-9(8)4-7/h2-4,6H,5H2,1H3,(H,12,13). The molecule has 72 valence electrons. The van der Waals surface area contributed by atoms with Crippen molar-refractivity contribution in [2.24, 2.45) is 5.16 Å². The van der Waals surface area contributed by atoms with E-state index >= 15 is 0 Å². The Morgan fingerprint density at radius 1 is 1.57 bits per heavy atom. The predicted octanol–water partition coefficient (Wildman–Crippen LogP) is 1.16. The van der Waals surface area contributed by atoms with E-state index < -0.39 is 0 Å². The van der Waals surface area contributed by atoms with Gasteiger partial charge in [-0.1, -0.05) is 17.3 Å². The van der Waals surface area contributed by atoms with Crippen LogP contribution in [0.4, 0.5) is 5.69 Å². The first-order valence-corrected chi connectivity index (χ1v) is 4.29. The van der Waals surface area contributed by atoms with Gasteiger partial charge in [0.15, 0.2) is 0 Å². The van der Waals surface area contributed by atoms with E-state index in [0.717, 1.165) is 16.8 Å². The first-order chi connectivity index (χ1) is 6.79. The van der Waals surface area contributed by atoms with E-state index in [1.165, 1.54) is 7.11 Å². The minimum absolute atomic E-state index is 0.0424. The second-order valence-corrected chi connectivity index (χ2v) is 3.06. The second-order valence-electron chi connectivity index (χ2n) is 3.06. The van der Waals surface area contributed by atoms with Crippen LogP contribution in [0.2, 0.25) is 0 Å². The van der Waals surface area contributed by atoms with Gasteiger partial charge in [0, 0.05) is 5.69 Å². The van der Waals surface area contributed by atoms with Crippen LogP contribution < -0.4 is 5.32 Å². The molecule has 1 amide bonds. The van der Waals surface area contributed by atoms with Gasteiger partial charge in [-0.3, -0.25) is 4.79 Å². The fourth-order valence-electron chi connectivity index (χ4n) is 1.43. The number of fused-ring (bicyclic) bond motifs is 1. The van der Waals surface area contributed by atoms with Crippen LogP contribution in [0, 0.1) is 0 Å². The zero-order valence-electron chi connectivity index (χ0n) is 7.78. The SMILES string of the molecule is CON=Cc1ccc2c(c1)NC(=O)C2. The van der Waals surface area contributed by atoms with Crippen LogP contribution in [-0.2, 0) is 16.1 Å². The Kier molecular flexibility index (Phi) is 2.18. The van der Waals surface area contributed by atoms with Crippen LogP contribution in [0.5, 0.6) is 0 Å². The Morgan fingerprint density at radius 2 is 2.43 bits per heavy atom. The average Bonchev–Trinajstić information content (AvgIpc) is 2.54. The molecule has 0 saturated carbocycles. The van der Waals surface area contributed by atoms with Crippen molar-refractivity contribution < 1.29 is 9.63 Å². The minimum atomic E-state index is 0.0424. The number of hydrogen-bond acceptors (Lipinski definition) is 3. The van der Waals surface area contributed by atoms with Crippen molar-refractivity contribution in [2.75, 3.05) is 12.4 Å². The Balaban J connectivity index is 2.28. The number of carbonyl (C=O) groups is 1. The van der Waals surface area contributed by atoms with E-state index in [4.69, 9.17) is 0 Å². The summed E-state index contributed by atoms with van der Waals surface area (Å²) in [5.41, 5.74) is 2.81. The number of amides is 1. The number of rotatable bonds is 2. The Hall–Kier alpha value is -1.84. The van der Waals surface area contributed by atoms with Gasteiger partial charge in [-0.05, 0) is 17.2 Å². The van der Waals surface area contributed by atoms with E-state index in [-0.39, 0.29) is 5.91 Å². The molecule has 0 saturated heterocycles. The van der Waals surface area contributed by atoms with Crippen molar-refractivity contribution in [3.63, 3.8) is 0 Å². The van der Waals surface area contributed by atoms with Crippen LogP contribution in [0.25, 0.3) is 0 Å². The topological polar surface area (TPSA) is 50.7 Å². The number of oxime groups is 1. The maximum absolute atomic E-state index is 11.1. The van der Waals surface area contributed by atoms with Crippen LogP contribution in [0.3, 0.4) is 0 Å². The highest BCUT2D eigenvalue weighted by Gasteiger charge is 2.16. The van der Waals surface area contributed by atoms with Gasteiger partial charge < -0.3 is 10.2 Å². The number of nitrogens with zero attached hydrogens (tertiary/aromatic N) is 1. The van der Waals surface area contributed by atoms with Crippen molar-refractivity contribution in [1.82, 2.24) is 0 Å². The summed E-state index contributed by atoms with van der Waals surface area (Å²) in [6.07, 6.45) is 2.07. The van der Waals surface area contributed by atoms with Crippen LogP contribution >= 0.6 is 0 Å². The van der Waals surface area contributed by atoms with Crippen molar-refractivity contribution in [3.05, 3.63) is 29.3 Å². The largest absolute Gasteiger partial charge is 0.399 e. The molecule has 1 aromatic rings. The van der Waals surface area contributed by atoms with Gasteiger partial charge in [-0.25, -0.2) is 0 Å². The Bertz CT molecular complexity index is 399. The van der Waals surface area contributed by atoms with Crippen molar-refractivity contribution in [3.8, 4) is 0 Å². The van der Waals surface area contributed by atoms with Gasteiger partial charge in [0.2, 0.25) is 5.91 Å². The lowest BCUT2D eigenvalue weighted by atomic mass is 10.1. The highest BCUT2D eigenvalue weighted by atomic mass is 16.6. The van der Waals surface area contributed by atoms with Crippen molar-refractivity contribution in [1.29, 1.82) is 0 Å². The van der Waals surface area contributed by atoms with E-state index in [2.05, 4.69) is 15.3 Å². The molecule has 1 N–H and O–H groups in total. The molecule has 4 nitrogen and oxygen atoms in total. The lowest BCUT2D eigenvalue weighted by Crippen LogP contribution is -2.03. The third-order valence-electron chi connectivity index (χ3n) is 2.07. The lowest BCUT2D eigenvalue weighted by molar-refractivity contribution is -0.115. The third kappa shape index (κ3) is 1.59. The highest BCUT2D eigenvalue weighted by Crippen LogP contribution is 2.23. The van der Waals surface area contributed by atoms with E-state index in [1.807, 2.05) is 18.2 Å². The fraction of sp³-hybridized carbons (Fsp3) is 0.200. The molecule has 0 atom stereocenters. The molecule has 0 aromatic heterocycles. The molecular formula is C10H10N2O2. The maximum atomic E-state index is 11.1. The predicted molar refractivity (Wildman–Crippen MR) is 53.4 cm³/mol. The monoisotopic (exact) mass is 190 g/mol. The van der Waals surface area contributed by atoms with Crippen molar-refractivity contribution >= 4 is 17.8 Å². The summed E-state index contributed by atoms with van der Waals surface area (Å²) in [5, 5.41) is 6.42. The summed E-state index contributed by atoms with van der Waals surface area (Å²) < 4.78 is 0. The minimum Gasteiger partial charge on any atom is -0.399 e. The molecule has 4 heteroatoms. The third-order valence-corrected chi connectivity index (χ3v) is 2.07. The highest BCUT2D eigenvalue weighted by molar-refractivity contribution is 6.00. The zero-order valence-corrected chi connectivity index (χ0v) is 7.78. The molecule has 0 spiro atoms. The van der Waals surface area contributed by atoms with Gasteiger partial charge in [0.1, 0.15) is 7.11 Å². The molecule has 0 bridgehead atoms. The lowest BCUT2D eigenvalue weighted by Gasteiger charge is -1.98. The second kappa shape index (κ2) is 3.49. The quantitative estimate of drug-likeness (QED) is 0.562. The smallest absolute Gasteiger partial charge is 0.228 e. The summed E-state index contributed by atoms with van der Waals surface area (Å²) in [7, 11) is 1.49. The van der Waals surface area contributed by atoms with Gasteiger partial charge in [0.05, 0.1) is 12.6 Å². The van der Waals surface area contributed by atoms with E-state index in [1.54, 1.807) is 6.21 Å². The summed E-state index contributed by atoms with van der Waals surface area (Å²) >= 11 is 0. The Morgan fingerprint density at radius 3 is 3.21 bits per heavy atom. The molecule has 1 aliphatic heterocycles. The molecule has 0 radical (unpaired) electrons. The first kappa shape index (κ1) is 8.74. The normalized spacial score (nSPS) is 14.2. The molecule has 1 aromatic carbocycles. The number of nitrogens with one attached hydrogen (secondary N) is 1. The molecular weight excluding hydrogens is 180 g/mol. The molecule has 0 unspecified atom stereocenters. The number of anilines is 1.